The Balaban J connectivity index is 2.01. The van der Waals surface area contributed by atoms with E-state index < -0.39 is 5.97 Å². The van der Waals surface area contributed by atoms with Gasteiger partial charge < -0.3 is 14.4 Å². The lowest BCUT2D eigenvalue weighted by Crippen LogP contribution is -2.06. The highest BCUT2D eigenvalue weighted by atomic mass is 16.5. The van der Waals surface area contributed by atoms with Gasteiger partial charge in [0.1, 0.15) is 5.75 Å². The van der Waals surface area contributed by atoms with Crippen LogP contribution in [0.1, 0.15) is 15.9 Å². The molecule has 0 unspecified atom stereocenters. The number of hydrogen-bond donors (Lipinski definition) is 1. The number of rotatable bonds is 4. The average molecular weight is 281 g/mol. The van der Waals surface area contributed by atoms with Gasteiger partial charge >= 0.3 is 5.97 Å². The SMILES string of the molecule is COc1ccc2c(ccn2Cc2ccccc2C(=O)O)c1. The van der Waals surface area contributed by atoms with E-state index in [4.69, 9.17) is 4.74 Å². The number of fused-ring (bicyclic) bond motifs is 1. The van der Waals surface area contributed by atoms with Gasteiger partial charge in [-0.15, -0.1) is 0 Å². The van der Waals surface area contributed by atoms with Gasteiger partial charge in [-0.05, 0) is 35.9 Å². The number of nitrogens with zero attached hydrogens (tertiary/aromatic N) is 1. The van der Waals surface area contributed by atoms with Gasteiger partial charge in [0.15, 0.2) is 0 Å². The number of carbonyl (C=O) groups is 1. The molecule has 0 bridgehead atoms. The van der Waals surface area contributed by atoms with Gasteiger partial charge in [-0.25, -0.2) is 4.79 Å². The summed E-state index contributed by atoms with van der Waals surface area (Å²) >= 11 is 0. The molecule has 1 aromatic heterocycles. The Morgan fingerprint density at radius 1 is 1.19 bits per heavy atom. The van der Waals surface area contributed by atoms with E-state index in [1.54, 1.807) is 19.2 Å². The first-order valence-corrected chi connectivity index (χ1v) is 6.63. The molecule has 4 nitrogen and oxygen atoms in total. The van der Waals surface area contributed by atoms with Crippen LogP contribution in [0.2, 0.25) is 0 Å². The van der Waals surface area contributed by atoms with E-state index in [9.17, 15) is 9.90 Å². The molecule has 0 aliphatic carbocycles. The monoisotopic (exact) mass is 281 g/mol. The number of methoxy groups -OCH3 is 1. The quantitative estimate of drug-likeness (QED) is 0.797. The molecule has 1 heterocycles. The fraction of sp³-hybridized carbons (Fsp3) is 0.118. The zero-order valence-electron chi connectivity index (χ0n) is 11.6. The minimum Gasteiger partial charge on any atom is -0.497 e. The lowest BCUT2D eigenvalue weighted by molar-refractivity contribution is 0.0695. The van der Waals surface area contributed by atoms with Crippen LogP contribution in [-0.2, 0) is 6.54 Å². The summed E-state index contributed by atoms with van der Waals surface area (Å²) in [7, 11) is 1.64. The average Bonchev–Trinajstić information content (AvgIpc) is 2.90. The molecule has 0 atom stereocenters. The fourth-order valence-corrected chi connectivity index (χ4v) is 2.49. The number of aromatic nitrogens is 1. The van der Waals surface area contributed by atoms with Crippen LogP contribution in [0.3, 0.4) is 0 Å². The predicted octanol–water partition coefficient (Wildman–Crippen LogP) is 3.40. The third-order valence-electron chi connectivity index (χ3n) is 3.57. The molecular weight excluding hydrogens is 266 g/mol. The Kier molecular flexibility index (Phi) is 3.36. The highest BCUT2D eigenvalue weighted by Gasteiger charge is 2.10. The first-order valence-electron chi connectivity index (χ1n) is 6.63. The molecule has 0 aliphatic rings. The maximum absolute atomic E-state index is 11.3. The Morgan fingerprint density at radius 3 is 2.76 bits per heavy atom. The van der Waals surface area contributed by atoms with Crippen molar-refractivity contribution in [2.24, 2.45) is 0 Å². The molecular formula is C17H15NO3. The zero-order valence-corrected chi connectivity index (χ0v) is 11.6. The highest BCUT2D eigenvalue weighted by molar-refractivity contribution is 5.89. The van der Waals surface area contributed by atoms with Gasteiger partial charge in [0.05, 0.1) is 12.7 Å². The molecule has 0 saturated heterocycles. The molecule has 3 rings (SSSR count). The maximum atomic E-state index is 11.3. The van der Waals surface area contributed by atoms with E-state index in [2.05, 4.69) is 0 Å². The zero-order chi connectivity index (χ0) is 14.8. The minimum absolute atomic E-state index is 0.341. The Labute approximate surface area is 122 Å². The molecule has 0 fully saturated rings. The summed E-state index contributed by atoms with van der Waals surface area (Å²) in [6, 6.07) is 14.9. The van der Waals surface area contributed by atoms with Crippen molar-refractivity contribution in [2.45, 2.75) is 6.54 Å². The Bertz CT molecular complexity index is 805. The summed E-state index contributed by atoms with van der Waals surface area (Å²) in [4.78, 5) is 11.3. The lowest BCUT2D eigenvalue weighted by atomic mass is 10.1. The van der Waals surface area contributed by atoms with Gasteiger partial charge in [-0.3, -0.25) is 0 Å². The van der Waals surface area contributed by atoms with E-state index in [0.717, 1.165) is 22.2 Å². The summed E-state index contributed by atoms with van der Waals surface area (Å²) in [6.45, 7) is 0.526. The molecule has 0 saturated carbocycles. The van der Waals surface area contributed by atoms with Crippen molar-refractivity contribution in [1.82, 2.24) is 4.57 Å². The molecule has 2 aromatic carbocycles. The number of hydrogen-bond acceptors (Lipinski definition) is 2. The Hall–Kier alpha value is -2.75. The van der Waals surface area contributed by atoms with Crippen molar-refractivity contribution in [1.29, 1.82) is 0 Å². The smallest absolute Gasteiger partial charge is 0.336 e. The van der Waals surface area contributed by atoms with Crippen LogP contribution in [0.4, 0.5) is 0 Å². The number of carboxylic acids is 1. The van der Waals surface area contributed by atoms with E-state index in [1.165, 1.54) is 0 Å². The molecule has 1 N–H and O–H groups in total. The summed E-state index contributed by atoms with van der Waals surface area (Å²) in [5.74, 6) is -0.0880. The number of benzene rings is 2. The van der Waals surface area contributed by atoms with Crippen LogP contribution in [0, 0.1) is 0 Å². The second-order valence-electron chi connectivity index (χ2n) is 4.83. The summed E-state index contributed by atoms with van der Waals surface area (Å²) in [5.41, 5.74) is 2.18. The largest absolute Gasteiger partial charge is 0.497 e. The first kappa shape index (κ1) is 13.2. The lowest BCUT2D eigenvalue weighted by Gasteiger charge is -2.09. The number of aromatic carboxylic acids is 1. The van der Waals surface area contributed by atoms with Crippen molar-refractivity contribution < 1.29 is 14.6 Å². The number of carboxylic acid groups (broad SMARTS) is 1. The second-order valence-corrected chi connectivity index (χ2v) is 4.83. The van der Waals surface area contributed by atoms with Crippen molar-refractivity contribution in [2.75, 3.05) is 7.11 Å². The van der Waals surface area contributed by atoms with Crippen LogP contribution in [-0.4, -0.2) is 22.8 Å². The van der Waals surface area contributed by atoms with Crippen molar-refractivity contribution in [3.05, 3.63) is 65.9 Å². The van der Waals surface area contributed by atoms with Crippen LogP contribution in [0.25, 0.3) is 10.9 Å². The van der Waals surface area contributed by atoms with E-state index in [1.807, 2.05) is 47.2 Å². The van der Waals surface area contributed by atoms with Gasteiger partial charge in [0, 0.05) is 23.6 Å². The summed E-state index contributed by atoms with van der Waals surface area (Å²) < 4.78 is 7.25. The van der Waals surface area contributed by atoms with Crippen molar-refractivity contribution in [3.8, 4) is 5.75 Å². The third kappa shape index (κ3) is 2.48. The minimum atomic E-state index is -0.899. The second kappa shape index (κ2) is 5.32. The van der Waals surface area contributed by atoms with E-state index in [-0.39, 0.29) is 0 Å². The van der Waals surface area contributed by atoms with E-state index in [0.29, 0.717) is 12.1 Å². The molecule has 0 spiro atoms. The topological polar surface area (TPSA) is 51.5 Å². The van der Waals surface area contributed by atoms with Gasteiger partial charge in [0.2, 0.25) is 0 Å². The first-order chi connectivity index (χ1) is 10.2. The summed E-state index contributed by atoms with van der Waals surface area (Å²) in [5, 5.41) is 10.3. The Morgan fingerprint density at radius 2 is 2.00 bits per heavy atom. The van der Waals surface area contributed by atoms with Crippen LogP contribution in [0.5, 0.6) is 5.75 Å². The van der Waals surface area contributed by atoms with Crippen molar-refractivity contribution >= 4 is 16.9 Å². The standard InChI is InChI=1S/C17H15NO3/c1-21-14-6-7-16-12(10-14)8-9-18(16)11-13-4-2-3-5-15(13)17(19)20/h2-10H,11H2,1H3,(H,19,20). The molecule has 3 aromatic rings. The normalized spacial score (nSPS) is 10.7. The van der Waals surface area contributed by atoms with Crippen molar-refractivity contribution in [3.63, 3.8) is 0 Å². The van der Waals surface area contributed by atoms with Crippen LogP contribution >= 0.6 is 0 Å². The summed E-state index contributed by atoms with van der Waals surface area (Å²) in [6.07, 6.45) is 1.96. The predicted molar refractivity (Wildman–Crippen MR) is 81.0 cm³/mol. The number of ether oxygens (including phenoxy) is 1. The maximum Gasteiger partial charge on any atom is 0.336 e. The molecule has 0 aliphatic heterocycles. The fourth-order valence-electron chi connectivity index (χ4n) is 2.49. The molecule has 4 heteroatoms. The van der Waals surface area contributed by atoms with Gasteiger partial charge in [-0.2, -0.15) is 0 Å². The van der Waals surface area contributed by atoms with Crippen LogP contribution in [0.15, 0.2) is 54.7 Å². The molecule has 0 radical (unpaired) electrons. The third-order valence-corrected chi connectivity index (χ3v) is 3.57. The van der Waals surface area contributed by atoms with Gasteiger partial charge in [0.25, 0.3) is 0 Å². The van der Waals surface area contributed by atoms with Gasteiger partial charge in [-0.1, -0.05) is 18.2 Å². The highest BCUT2D eigenvalue weighted by Crippen LogP contribution is 2.23. The molecule has 106 valence electrons. The molecule has 21 heavy (non-hydrogen) atoms. The van der Waals surface area contributed by atoms with E-state index >= 15 is 0 Å². The molecule has 0 amide bonds. The van der Waals surface area contributed by atoms with Crippen LogP contribution < -0.4 is 4.74 Å².